The fourth-order valence-electron chi connectivity index (χ4n) is 2.01. The first kappa shape index (κ1) is 12.9. The molecule has 1 fully saturated rings. The van der Waals surface area contributed by atoms with Crippen LogP contribution in [0.5, 0.6) is 0 Å². The summed E-state index contributed by atoms with van der Waals surface area (Å²) in [6.45, 7) is 4.17. The van der Waals surface area contributed by atoms with Crippen LogP contribution in [-0.2, 0) is 10.0 Å². The molecule has 1 aliphatic heterocycles. The number of thiazole rings is 1. The van der Waals surface area contributed by atoms with E-state index in [1.807, 2.05) is 0 Å². The number of rotatable bonds is 2. The van der Waals surface area contributed by atoms with E-state index in [1.54, 1.807) is 13.8 Å². The van der Waals surface area contributed by atoms with Gasteiger partial charge in [0.15, 0.2) is 4.21 Å². The molecule has 1 aromatic heterocycles. The number of aryl methyl sites for hydroxylation is 2. The Morgan fingerprint density at radius 1 is 1.47 bits per heavy atom. The highest BCUT2D eigenvalue weighted by molar-refractivity contribution is 7.91. The van der Waals surface area contributed by atoms with Crippen LogP contribution in [0.4, 0.5) is 0 Å². The number of aliphatic hydroxyl groups is 1. The van der Waals surface area contributed by atoms with E-state index in [2.05, 4.69) is 4.98 Å². The maximum Gasteiger partial charge on any atom is 0.254 e. The fraction of sp³-hybridized carbons (Fsp3) is 0.700. The van der Waals surface area contributed by atoms with E-state index in [1.165, 1.54) is 15.6 Å². The van der Waals surface area contributed by atoms with Crippen LogP contribution in [0.15, 0.2) is 4.21 Å². The highest BCUT2D eigenvalue weighted by atomic mass is 32.2. The van der Waals surface area contributed by atoms with Gasteiger partial charge in [-0.1, -0.05) is 0 Å². The van der Waals surface area contributed by atoms with Gasteiger partial charge >= 0.3 is 0 Å². The fourth-order valence-corrected chi connectivity index (χ4v) is 5.14. The molecule has 0 saturated carbocycles. The topological polar surface area (TPSA) is 70.5 Å². The molecule has 7 heteroatoms. The maximum atomic E-state index is 12.4. The highest BCUT2D eigenvalue weighted by Crippen LogP contribution is 2.28. The molecule has 17 heavy (non-hydrogen) atoms. The van der Waals surface area contributed by atoms with Gasteiger partial charge < -0.3 is 5.11 Å². The Labute approximate surface area is 105 Å². The first-order valence-electron chi connectivity index (χ1n) is 5.53. The lowest BCUT2D eigenvalue weighted by Crippen LogP contribution is -2.42. The summed E-state index contributed by atoms with van der Waals surface area (Å²) in [6, 6.07) is 0. The predicted octanol–water partition coefficient (Wildman–Crippen LogP) is 0.905. The molecule has 0 bridgehead atoms. The maximum absolute atomic E-state index is 12.4. The summed E-state index contributed by atoms with van der Waals surface area (Å²) < 4.78 is 26.4. The third-order valence-electron chi connectivity index (χ3n) is 2.79. The average molecular weight is 276 g/mol. The summed E-state index contributed by atoms with van der Waals surface area (Å²) >= 11 is 1.19. The predicted molar refractivity (Wildman–Crippen MR) is 65.6 cm³/mol. The number of hydrogen-bond donors (Lipinski definition) is 1. The van der Waals surface area contributed by atoms with Gasteiger partial charge in [-0.05, 0) is 26.7 Å². The Morgan fingerprint density at radius 2 is 2.18 bits per heavy atom. The Hall–Kier alpha value is -0.500. The minimum absolute atomic E-state index is 0.193. The summed E-state index contributed by atoms with van der Waals surface area (Å²) in [5.74, 6) is 0. The second-order valence-electron chi connectivity index (χ2n) is 4.26. The largest absolute Gasteiger partial charge is 0.392 e. The lowest BCUT2D eigenvalue weighted by atomic mass is 10.1. The second-order valence-corrected chi connectivity index (χ2v) is 7.60. The summed E-state index contributed by atoms with van der Waals surface area (Å²) in [4.78, 5) is 4.14. The molecule has 1 aliphatic rings. The van der Waals surface area contributed by atoms with Crippen LogP contribution in [0.3, 0.4) is 0 Å². The van der Waals surface area contributed by atoms with E-state index in [0.29, 0.717) is 29.3 Å². The van der Waals surface area contributed by atoms with Gasteiger partial charge in [0.2, 0.25) is 0 Å². The van der Waals surface area contributed by atoms with Crippen molar-refractivity contribution in [2.75, 3.05) is 13.1 Å². The van der Waals surface area contributed by atoms with Gasteiger partial charge in [0, 0.05) is 13.1 Å². The number of aromatic nitrogens is 1. The lowest BCUT2D eigenvalue weighted by molar-refractivity contribution is 0.108. The number of sulfonamides is 1. The first-order valence-corrected chi connectivity index (χ1v) is 7.79. The van der Waals surface area contributed by atoms with Crippen LogP contribution in [0.2, 0.25) is 0 Å². The van der Waals surface area contributed by atoms with Gasteiger partial charge in [0.05, 0.1) is 16.8 Å². The standard InChI is InChI=1S/C10H16N2O3S2/c1-7-10(16-8(2)11-7)17(14,15)12-5-3-4-9(13)6-12/h9,13H,3-6H2,1-2H3. The van der Waals surface area contributed by atoms with Crippen LogP contribution < -0.4 is 0 Å². The summed E-state index contributed by atoms with van der Waals surface area (Å²) in [5, 5.41) is 10.3. The van der Waals surface area contributed by atoms with Crippen molar-refractivity contribution in [2.45, 2.75) is 37.0 Å². The van der Waals surface area contributed by atoms with Gasteiger partial charge in [-0.15, -0.1) is 11.3 Å². The van der Waals surface area contributed by atoms with Crippen molar-refractivity contribution in [1.82, 2.24) is 9.29 Å². The molecule has 0 aliphatic carbocycles. The molecule has 0 radical (unpaired) electrons. The van der Waals surface area contributed by atoms with Gasteiger partial charge in [-0.2, -0.15) is 4.31 Å². The molecule has 1 N–H and O–H groups in total. The quantitative estimate of drug-likeness (QED) is 0.871. The molecule has 0 amide bonds. The molecule has 0 spiro atoms. The van der Waals surface area contributed by atoms with Gasteiger partial charge in [-0.3, -0.25) is 0 Å². The van der Waals surface area contributed by atoms with E-state index in [0.717, 1.165) is 5.01 Å². The normalized spacial score (nSPS) is 22.9. The van der Waals surface area contributed by atoms with Crippen molar-refractivity contribution in [3.8, 4) is 0 Å². The molecule has 2 rings (SSSR count). The number of piperidine rings is 1. The van der Waals surface area contributed by atoms with Gasteiger partial charge in [0.25, 0.3) is 10.0 Å². The molecule has 1 aromatic rings. The van der Waals surface area contributed by atoms with Crippen molar-refractivity contribution >= 4 is 21.4 Å². The molecule has 2 heterocycles. The Morgan fingerprint density at radius 3 is 2.71 bits per heavy atom. The van der Waals surface area contributed by atoms with Crippen molar-refractivity contribution in [3.63, 3.8) is 0 Å². The smallest absolute Gasteiger partial charge is 0.254 e. The zero-order valence-corrected chi connectivity index (χ0v) is 11.5. The molecular formula is C10H16N2O3S2. The van der Waals surface area contributed by atoms with Gasteiger partial charge in [-0.25, -0.2) is 13.4 Å². The SMILES string of the molecule is Cc1nc(C)c(S(=O)(=O)N2CCCC(O)C2)s1. The van der Waals surface area contributed by atoms with Crippen molar-refractivity contribution in [2.24, 2.45) is 0 Å². The van der Waals surface area contributed by atoms with Crippen LogP contribution in [0.25, 0.3) is 0 Å². The Balaban J connectivity index is 2.33. The number of β-amino-alcohol motifs (C(OH)–C–C–N with tert-alkyl or cyclic N) is 1. The third kappa shape index (κ3) is 2.52. The number of hydrogen-bond acceptors (Lipinski definition) is 5. The summed E-state index contributed by atoms with van der Waals surface area (Å²) in [6.07, 6.45) is 0.831. The Kier molecular flexibility index (Phi) is 3.53. The zero-order chi connectivity index (χ0) is 12.6. The van der Waals surface area contributed by atoms with Crippen LogP contribution in [-0.4, -0.2) is 42.0 Å². The minimum Gasteiger partial charge on any atom is -0.392 e. The third-order valence-corrected chi connectivity index (χ3v) is 6.32. The molecule has 96 valence electrons. The average Bonchev–Trinajstić information content (AvgIpc) is 2.58. The molecular weight excluding hydrogens is 260 g/mol. The van der Waals surface area contributed by atoms with E-state index in [9.17, 15) is 13.5 Å². The Bertz CT molecular complexity index is 510. The van der Waals surface area contributed by atoms with Crippen LogP contribution in [0.1, 0.15) is 23.5 Å². The first-order chi connectivity index (χ1) is 7.91. The van der Waals surface area contributed by atoms with E-state index < -0.39 is 16.1 Å². The zero-order valence-electron chi connectivity index (χ0n) is 9.88. The molecule has 0 aromatic carbocycles. The van der Waals surface area contributed by atoms with Crippen molar-refractivity contribution < 1.29 is 13.5 Å². The number of nitrogens with zero attached hydrogens (tertiary/aromatic N) is 2. The van der Waals surface area contributed by atoms with E-state index in [4.69, 9.17) is 0 Å². The number of aliphatic hydroxyl groups excluding tert-OH is 1. The summed E-state index contributed by atoms with van der Waals surface area (Å²) in [5.41, 5.74) is 0.549. The van der Waals surface area contributed by atoms with Crippen LogP contribution >= 0.6 is 11.3 Å². The van der Waals surface area contributed by atoms with E-state index in [-0.39, 0.29) is 6.54 Å². The lowest BCUT2D eigenvalue weighted by Gasteiger charge is -2.28. The van der Waals surface area contributed by atoms with Crippen LogP contribution in [0, 0.1) is 13.8 Å². The second kappa shape index (κ2) is 4.64. The highest BCUT2D eigenvalue weighted by Gasteiger charge is 2.32. The summed E-state index contributed by atoms with van der Waals surface area (Å²) in [7, 11) is -3.48. The molecule has 1 unspecified atom stereocenters. The molecule has 1 saturated heterocycles. The van der Waals surface area contributed by atoms with Crippen molar-refractivity contribution in [1.29, 1.82) is 0 Å². The minimum atomic E-state index is -3.48. The van der Waals surface area contributed by atoms with Crippen molar-refractivity contribution in [3.05, 3.63) is 10.7 Å². The monoisotopic (exact) mass is 276 g/mol. The molecule has 1 atom stereocenters. The van der Waals surface area contributed by atoms with Gasteiger partial charge in [0.1, 0.15) is 0 Å². The molecule has 5 nitrogen and oxygen atoms in total. The van der Waals surface area contributed by atoms with E-state index >= 15 is 0 Å².